The Morgan fingerprint density at radius 1 is 1.00 bits per heavy atom. The summed E-state index contributed by atoms with van der Waals surface area (Å²) >= 11 is 5.06. The number of aromatic hydroxyl groups is 1. The summed E-state index contributed by atoms with van der Waals surface area (Å²) in [5.74, 6) is -0.0616. The smallest absolute Gasteiger partial charge is 0.261 e. The van der Waals surface area contributed by atoms with E-state index in [-0.39, 0.29) is 11.7 Å². The molecule has 0 spiro atoms. The van der Waals surface area contributed by atoms with Gasteiger partial charge in [0.15, 0.2) is 0 Å². The molecule has 1 unspecified atom stereocenters. The van der Waals surface area contributed by atoms with Crippen molar-refractivity contribution in [1.29, 1.82) is 0 Å². The molecule has 1 atom stereocenters. The second-order valence-corrected chi connectivity index (χ2v) is 8.07. The molecule has 4 rings (SSSR count). The summed E-state index contributed by atoms with van der Waals surface area (Å²) in [5, 5.41) is 11.9. The van der Waals surface area contributed by atoms with Crippen LogP contribution >= 0.6 is 22.9 Å². The molecule has 0 fully saturated rings. The summed E-state index contributed by atoms with van der Waals surface area (Å²) in [6, 6.07) is 20.0. The van der Waals surface area contributed by atoms with Crippen molar-refractivity contribution in [3.63, 3.8) is 0 Å². The van der Waals surface area contributed by atoms with E-state index in [2.05, 4.69) is 9.12 Å². The Labute approximate surface area is 170 Å². The Morgan fingerprint density at radius 2 is 1.75 bits per heavy atom. The van der Waals surface area contributed by atoms with Crippen LogP contribution in [0.15, 0.2) is 76.5 Å². The average molecular weight is 409 g/mol. The summed E-state index contributed by atoms with van der Waals surface area (Å²) in [5.41, 5.74) is 4.33. The minimum Gasteiger partial charge on any atom is -0.508 e. The number of thiol groups is 1. The van der Waals surface area contributed by atoms with Gasteiger partial charge in [-0.3, -0.25) is 9.52 Å². The molecule has 0 aliphatic carbocycles. The molecular formula is C22H17ClN2O2S. The van der Waals surface area contributed by atoms with Crippen molar-refractivity contribution < 1.29 is 9.90 Å². The lowest BCUT2D eigenvalue weighted by Crippen LogP contribution is -2.18. The lowest BCUT2D eigenvalue weighted by Gasteiger charge is -2.14. The van der Waals surface area contributed by atoms with E-state index in [1.165, 1.54) is 6.07 Å². The van der Waals surface area contributed by atoms with Crippen LogP contribution in [0, 0.1) is 0 Å². The normalized spacial score (nSPS) is 16.2. The highest BCUT2D eigenvalue weighted by atomic mass is 35.5. The fourth-order valence-corrected chi connectivity index (χ4v) is 4.25. The largest absolute Gasteiger partial charge is 0.508 e. The van der Waals surface area contributed by atoms with Gasteiger partial charge in [-0.25, -0.2) is 4.40 Å². The number of fused-ring (bicyclic) bond motifs is 1. The van der Waals surface area contributed by atoms with Gasteiger partial charge in [-0.05, 0) is 52.9 Å². The lowest BCUT2D eigenvalue weighted by atomic mass is 10.0. The minimum absolute atomic E-state index is 0.117. The van der Waals surface area contributed by atoms with Crippen molar-refractivity contribution in [1.82, 2.24) is 4.72 Å². The highest BCUT2D eigenvalue weighted by molar-refractivity contribution is 8.17. The first kappa shape index (κ1) is 18.3. The van der Waals surface area contributed by atoms with E-state index in [0.717, 1.165) is 22.3 Å². The van der Waals surface area contributed by atoms with Crippen LogP contribution in [-0.2, 0) is 0 Å². The number of benzene rings is 3. The van der Waals surface area contributed by atoms with Gasteiger partial charge in [0, 0.05) is 22.9 Å². The van der Waals surface area contributed by atoms with Gasteiger partial charge in [0.2, 0.25) is 0 Å². The third kappa shape index (κ3) is 3.96. The maximum Gasteiger partial charge on any atom is 0.261 e. The van der Waals surface area contributed by atoms with E-state index in [4.69, 9.17) is 11.6 Å². The van der Waals surface area contributed by atoms with Gasteiger partial charge in [0.1, 0.15) is 5.75 Å². The Hall–Kier alpha value is -3.02. The number of nitrogens with zero attached hydrogens (tertiary/aromatic N) is 1. The Kier molecular flexibility index (Phi) is 5.19. The number of hydrogen-bond donors (Lipinski definition) is 3. The molecule has 1 heterocycles. The summed E-state index contributed by atoms with van der Waals surface area (Å²) in [4.78, 5) is 12.6. The first-order valence-corrected chi connectivity index (χ1v) is 10.3. The van der Waals surface area contributed by atoms with E-state index in [1.807, 2.05) is 47.9 Å². The molecule has 6 heteroatoms. The number of carbonyl (C=O) groups excluding carboxylic acids is 1. The van der Waals surface area contributed by atoms with E-state index in [9.17, 15) is 9.90 Å². The standard InChI is InChI=1S/C22H17ClN2O2S/c23-21-13-19(26)9-10-20(21)16-5-7-17(8-6-16)22(27)25-28-12-11-15-3-1-2-4-18(15)14-24-28/h1-14,26,28H,(H,25,27). The first-order valence-electron chi connectivity index (χ1n) is 8.60. The predicted octanol–water partition coefficient (Wildman–Crippen LogP) is 5.38. The molecule has 0 radical (unpaired) electrons. The number of phenolic OH excluding ortho intramolecular Hbond substituents is 1. The van der Waals surface area contributed by atoms with Crippen LogP contribution in [-0.4, -0.2) is 17.2 Å². The Bertz CT molecular complexity index is 1060. The zero-order valence-electron chi connectivity index (χ0n) is 14.7. The van der Waals surface area contributed by atoms with Crippen molar-refractivity contribution in [3.8, 4) is 16.9 Å². The predicted molar refractivity (Wildman–Crippen MR) is 118 cm³/mol. The summed E-state index contributed by atoms with van der Waals surface area (Å²) in [6.45, 7) is 0. The van der Waals surface area contributed by atoms with Crippen molar-refractivity contribution in [3.05, 3.63) is 93.9 Å². The zero-order valence-corrected chi connectivity index (χ0v) is 16.4. The number of halogens is 1. The quantitative estimate of drug-likeness (QED) is 0.509. The van der Waals surface area contributed by atoms with Crippen molar-refractivity contribution >= 4 is 41.1 Å². The molecule has 0 aromatic heterocycles. The maximum atomic E-state index is 12.6. The highest BCUT2D eigenvalue weighted by Gasteiger charge is 2.11. The fraction of sp³-hybridized carbons (Fsp3) is 0. The van der Waals surface area contributed by atoms with E-state index in [1.54, 1.807) is 30.5 Å². The van der Waals surface area contributed by atoms with E-state index >= 15 is 0 Å². The SMILES string of the molecule is O=C(N[SH]1C=Cc2ccccc2C=N1)c1ccc(-c2ccc(O)cc2Cl)cc1. The third-order valence-corrected chi connectivity index (χ3v) is 5.88. The van der Waals surface area contributed by atoms with Gasteiger partial charge in [0.25, 0.3) is 5.91 Å². The molecule has 2 N–H and O–H groups in total. The van der Waals surface area contributed by atoms with Crippen LogP contribution in [0.4, 0.5) is 0 Å². The molecular weight excluding hydrogens is 392 g/mol. The highest BCUT2D eigenvalue weighted by Crippen LogP contribution is 2.32. The number of hydrogen-bond acceptors (Lipinski definition) is 3. The average Bonchev–Trinajstić information content (AvgIpc) is 2.91. The molecule has 1 amide bonds. The van der Waals surface area contributed by atoms with Gasteiger partial charge in [-0.15, -0.1) is 0 Å². The molecule has 3 aromatic carbocycles. The molecule has 1 aliphatic rings. The van der Waals surface area contributed by atoms with Crippen LogP contribution in [0.25, 0.3) is 17.2 Å². The molecule has 0 saturated carbocycles. The van der Waals surface area contributed by atoms with Gasteiger partial charge in [0.05, 0.1) is 5.02 Å². The fourth-order valence-electron chi connectivity index (χ4n) is 2.87. The summed E-state index contributed by atoms with van der Waals surface area (Å²) < 4.78 is 7.47. The molecule has 4 nitrogen and oxygen atoms in total. The Morgan fingerprint density at radius 3 is 2.50 bits per heavy atom. The van der Waals surface area contributed by atoms with E-state index < -0.39 is 11.3 Å². The summed E-state index contributed by atoms with van der Waals surface area (Å²) in [7, 11) is 0. The summed E-state index contributed by atoms with van der Waals surface area (Å²) in [6.07, 6.45) is 3.79. The van der Waals surface area contributed by atoms with Crippen LogP contribution in [0.5, 0.6) is 5.75 Å². The second kappa shape index (κ2) is 7.92. The van der Waals surface area contributed by atoms with Crippen molar-refractivity contribution in [2.45, 2.75) is 0 Å². The monoisotopic (exact) mass is 408 g/mol. The molecule has 0 saturated heterocycles. The number of amides is 1. The molecule has 140 valence electrons. The van der Waals surface area contributed by atoms with Gasteiger partial charge < -0.3 is 5.11 Å². The number of nitrogens with one attached hydrogen (secondary N) is 1. The molecule has 0 bridgehead atoms. The maximum absolute atomic E-state index is 12.6. The number of carbonyl (C=O) groups is 1. The molecule has 28 heavy (non-hydrogen) atoms. The third-order valence-electron chi connectivity index (χ3n) is 4.34. The van der Waals surface area contributed by atoms with Gasteiger partial charge in [-0.2, -0.15) is 0 Å². The molecule has 3 aromatic rings. The van der Waals surface area contributed by atoms with Crippen LogP contribution in [0.3, 0.4) is 0 Å². The van der Waals surface area contributed by atoms with Gasteiger partial charge >= 0.3 is 0 Å². The number of phenols is 1. The van der Waals surface area contributed by atoms with Crippen LogP contribution < -0.4 is 4.72 Å². The van der Waals surface area contributed by atoms with E-state index in [0.29, 0.717) is 10.6 Å². The van der Waals surface area contributed by atoms with Crippen molar-refractivity contribution in [2.75, 3.05) is 0 Å². The van der Waals surface area contributed by atoms with Crippen LogP contribution in [0.1, 0.15) is 21.5 Å². The number of rotatable bonds is 3. The lowest BCUT2D eigenvalue weighted by molar-refractivity contribution is 0.0984. The second-order valence-electron chi connectivity index (χ2n) is 6.22. The van der Waals surface area contributed by atoms with Crippen LogP contribution in [0.2, 0.25) is 5.02 Å². The van der Waals surface area contributed by atoms with Gasteiger partial charge in [-0.1, -0.05) is 59.3 Å². The Balaban J connectivity index is 1.49. The molecule has 1 aliphatic heterocycles. The first-order chi connectivity index (χ1) is 13.6. The zero-order chi connectivity index (χ0) is 19.5. The van der Waals surface area contributed by atoms with Crippen molar-refractivity contribution in [2.24, 2.45) is 4.40 Å². The topological polar surface area (TPSA) is 61.7 Å². The minimum atomic E-state index is -1.13.